The van der Waals surface area contributed by atoms with Crippen LogP contribution in [0.4, 0.5) is 9.18 Å². The molecule has 0 atom stereocenters. The Labute approximate surface area is 148 Å². The maximum Gasteiger partial charge on any atom is 0.410 e. The zero-order valence-electron chi connectivity index (χ0n) is 13.8. The molecule has 1 aliphatic rings. The quantitative estimate of drug-likeness (QED) is 0.726. The van der Waals surface area contributed by atoms with Crippen molar-refractivity contribution < 1.29 is 13.9 Å². The number of hydrogen-bond acceptors (Lipinski definition) is 3. The molecule has 0 fully saturated rings. The number of amides is 1. The van der Waals surface area contributed by atoms with E-state index in [0.717, 1.165) is 10.2 Å². The van der Waals surface area contributed by atoms with E-state index < -0.39 is 5.60 Å². The predicted octanol–water partition coefficient (Wildman–Crippen LogP) is 4.20. The highest BCUT2D eigenvalue weighted by Crippen LogP contribution is 2.33. The van der Waals surface area contributed by atoms with Gasteiger partial charge in [-0.05, 0) is 48.8 Å². The van der Waals surface area contributed by atoms with Gasteiger partial charge >= 0.3 is 6.09 Å². The van der Waals surface area contributed by atoms with Crippen LogP contribution in [-0.2, 0) is 17.8 Å². The van der Waals surface area contributed by atoms with Gasteiger partial charge in [-0.2, -0.15) is 5.10 Å². The lowest BCUT2D eigenvalue weighted by Crippen LogP contribution is -2.41. The van der Waals surface area contributed by atoms with Gasteiger partial charge in [-0.25, -0.2) is 9.18 Å². The number of fused-ring (bicyclic) bond motifs is 1. The van der Waals surface area contributed by atoms with Crippen molar-refractivity contribution in [3.63, 3.8) is 0 Å². The fourth-order valence-electron chi connectivity index (χ4n) is 2.59. The lowest BCUT2D eigenvalue weighted by Gasteiger charge is -2.30. The Morgan fingerprint density at radius 1 is 1.33 bits per heavy atom. The topological polar surface area (TPSA) is 47.4 Å². The molecule has 0 aliphatic carbocycles. The normalized spacial score (nSPS) is 14.5. The summed E-state index contributed by atoms with van der Waals surface area (Å²) in [5.74, 6) is -0.305. The zero-order chi connectivity index (χ0) is 17.5. The first-order valence-electron chi connectivity index (χ1n) is 7.73. The molecule has 0 spiro atoms. The first kappa shape index (κ1) is 17.0. The average molecular weight is 396 g/mol. The third-order valence-electron chi connectivity index (χ3n) is 3.67. The van der Waals surface area contributed by atoms with Crippen LogP contribution in [0.1, 0.15) is 26.5 Å². The third kappa shape index (κ3) is 3.45. The minimum absolute atomic E-state index is 0.305. The van der Waals surface area contributed by atoms with Crippen LogP contribution in [0.2, 0.25) is 0 Å². The van der Waals surface area contributed by atoms with Gasteiger partial charge in [-0.1, -0.05) is 12.1 Å². The van der Waals surface area contributed by atoms with Gasteiger partial charge < -0.3 is 9.64 Å². The predicted molar refractivity (Wildman–Crippen MR) is 92.0 cm³/mol. The lowest BCUT2D eigenvalue weighted by atomic mass is 10.1. The SMILES string of the molecule is CC(C)(C)OC(=O)N1CCn2nc(-c3cccc(F)c3)c(Br)c2C1. The molecule has 0 N–H and O–H groups in total. The first-order valence-corrected chi connectivity index (χ1v) is 8.53. The average Bonchev–Trinajstić information content (AvgIpc) is 2.82. The maximum absolute atomic E-state index is 13.5. The van der Waals surface area contributed by atoms with Crippen LogP contribution >= 0.6 is 15.9 Å². The number of carbonyl (C=O) groups excluding carboxylic acids is 1. The van der Waals surface area contributed by atoms with E-state index in [2.05, 4.69) is 21.0 Å². The molecule has 128 valence electrons. The number of nitrogens with zero attached hydrogens (tertiary/aromatic N) is 3. The zero-order valence-corrected chi connectivity index (χ0v) is 15.4. The van der Waals surface area contributed by atoms with Gasteiger partial charge in [-0.15, -0.1) is 0 Å². The Morgan fingerprint density at radius 2 is 2.08 bits per heavy atom. The second-order valence-electron chi connectivity index (χ2n) is 6.74. The molecule has 0 saturated heterocycles. The van der Waals surface area contributed by atoms with Crippen LogP contribution in [0, 0.1) is 5.82 Å². The van der Waals surface area contributed by atoms with Crippen molar-refractivity contribution in [1.82, 2.24) is 14.7 Å². The molecule has 0 saturated carbocycles. The number of hydrogen-bond donors (Lipinski definition) is 0. The van der Waals surface area contributed by atoms with Crippen LogP contribution in [0.5, 0.6) is 0 Å². The van der Waals surface area contributed by atoms with E-state index in [4.69, 9.17) is 4.74 Å². The molecule has 1 aromatic carbocycles. The smallest absolute Gasteiger partial charge is 0.410 e. The molecule has 2 heterocycles. The summed E-state index contributed by atoms with van der Waals surface area (Å²) < 4.78 is 21.5. The van der Waals surface area contributed by atoms with E-state index >= 15 is 0 Å². The monoisotopic (exact) mass is 395 g/mol. The molecule has 0 bridgehead atoms. The van der Waals surface area contributed by atoms with Crippen molar-refractivity contribution in [2.45, 2.75) is 39.5 Å². The second kappa shape index (κ2) is 6.20. The Bertz CT molecular complexity index is 783. The second-order valence-corrected chi connectivity index (χ2v) is 7.54. The van der Waals surface area contributed by atoms with Gasteiger partial charge in [0.25, 0.3) is 0 Å². The summed E-state index contributed by atoms with van der Waals surface area (Å²) in [7, 11) is 0. The van der Waals surface area contributed by atoms with Crippen molar-refractivity contribution in [2.75, 3.05) is 6.54 Å². The Balaban J connectivity index is 1.86. The van der Waals surface area contributed by atoms with Crippen LogP contribution < -0.4 is 0 Å². The fraction of sp³-hybridized carbons (Fsp3) is 0.412. The van der Waals surface area contributed by atoms with E-state index in [-0.39, 0.29) is 11.9 Å². The van der Waals surface area contributed by atoms with Crippen molar-refractivity contribution in [1.29, 1.82) is 0 Å². The third-order valence-corrected chi connectivity index (χ3v) is 4.50. The Kier molecular flexibility index (Phi) is 4.38. The fourth-order valence-corrected chi connectivity index (χ4v) is 3.23. The molecule has 0 radical (unpaired) electrons. The van der Waals surface area contributed by atoms with E-state index in [1.807, 2.05) is 31.5 Å². The van der Waals surface area contributed by atoms with E-state index in [0.29, 0.717) is 30.9 Å². The van der Waals surface area contributed by atoms with Gasteiger partial charge in [0.2, 0.25) is 0 Å². The Hall–Kier alpha value is -1.89. The maximum atomic E-state index is 13.5. The summed E-state index contributed by atoms with van der Waals surface area (Å²) >= 11 is 3.55. The summed E-state index contributed by atoms with van der Waals surface area (Å²) in [5.41, 5.74) is 1.73. The van der Waals surface area contributed by atoms with Crippen molar-refractivity contribution in [2.24, 2.45) is 0 Å². The lowest BCUT2D eigenvalue weighted by molar-refractivity contribution is 0.0194. The molecular weight excluding hydrogens is 377 g/mol. The Morgan fingerprint density at radius 3 is 2.75 bits per heavy atom. The standard InChI is InChI=1S/C17H19BrFN3O2/c1-17(2,3)24-16(23)21-7-8-22-13(10-21)14(18)15(20-22)11-5-4-6-12(19)9-11/h4-6,9H,7-8,10H2,1-3H3. The minimum Gasteiger partial charge on any atom is -0.444 e. The van der Waals surface area contributed by atoms with Gasteiger partial charge in [0.05, 0.1) is 23.3 Å². The molecule has 5 nitrogen and oxygen atoms in total. The number of rotatable bonds is 1. The van der Waals surface area contributed by atoms with Crippen LogP contribution in [0.3, 0.4) is 0 Å². The van der Waals surface area contributed by atoms with Crippen molar-refractivity contribution in [3.8, 4) is 11.3 Å². The number of carbonyl (C=O) groups is 1. The van der Waals surface area contributed by atoms with Crippen LogP contribution in [0.25, 0.3) is 11.3 Å². The molecule has 3 rings (SSSR count). The molecule has 2 aromatic rings. The van der Waals surface area contributed by atoms with Crippen LogP contribution in [0.15, 0.2) is 28.7 Å². The first-order chi connectivity index (χ1) is 11.2. The van der Waals surface area contributed by atoms with Gasteiger partial charge in [0.1, 0.15) is 17.1 Å². The molecule has 24 heavy (non-hydrogen) atoms. The summed E-state index contributed by atoms with van der Waals surface area (Å²) in [6, 6.07) is 6.32. The van der Waals surface area contributed by atoms with E-state index in [1.54, 1.807) is 11.0 Å². The summed E-state index contributed by atoms with van der Waals surface area (Å²) in [6.07, 6.45) is -0.339. The number of benzene rings is 1. The van der Waals surface area contributed by atoms with Gasteiger partial charge in [0, 0.05) is 12.1 Å². The highest BCUT2D eigenvalue weighted by atomic mass is 79.9. The molecule has 0 unspecified atom stereocenters. The summed E-state index contributed by atoms with van der Waals surface area (Å²) in [4.78, 5) is 13.9. The number of ether oxygens (including phenoxy) is 1. The largest absolute Gasteiger partial charge is 0.444 e. The van der Waals surface area contributed by atoms with Gasteiger partial charge in [0.15, 0.2) is 0 Å². The molecular formula is C17H19BrFN3O2. The number of halogens is 2. The van der Waals surface area contributed by atoms with E-state index in [9.17, 15) is 9.18 Å². The minimum atomic E-state index is -0.529. The number of aromatic nitrogens is 2. The highest BCUT2D eigenvalue weighted by Gasteiger charge is 2.29. The molecule has 1 amide bonds. The van der Waals surface area contributed by atoms with Gasteiger partial charge in [-0.3, -0.25) is 4.68 Å². The summed E-state index contributed by atoms with van der Waals surface area (Å²) in [6.45, 7) is 7.03. The summed E-state index contributed by atoms with van der Waals surface area (Å²) in [5, 5.41) is 4.55. The molecule has 7 heteroatoms. The van der Waals surface area contributed by atoms with Crippen molar-refractivity contribution in [3.05, 3.63) is 40.2 Å². The van der Waals surface area contributed by atoms with E-state index in [1.165, 1.54) is 12.1 Å². The molecule has 1 aliphatic heterocycles. The molecule has 1 aromatic heterocycles. The highest BCUT2D eigenvalue weighted by molar-refractivity contribution is 9.10. The van der Waals surface area contributed by atoms with Crippen LogP contribution in [-0.4, -0.2) is 32.9 Å². The van der Waals surface area contributed by atoms with Crippen molar-refractivity contribution >= 4 is 22.0 Å².